The Morgan fingerprint density at radius 3 is 1.39 bits per heavy atom. The highest BCUT2D eigenvalue weighted by molar-refractivity contribution is 5.51. The maximum atomic E-state index is 13.8. The normalized spacial score (nSPS) is 14.5. The summed E-state index contributed by atoms with van der Waals surface area (Å²) in [6.07, 6.45) is -28.1. The molecule has 0 atom stereocenters. The molecule has 31 heavy (non-hydrogen) atoms. The van der Waals surface area contributed by atoms with Gasteiger partial charge in [-0.3, -0.25) is 0 Å². The van der Waals surface area contributed by atoms with Crippen molar-refractivity contribution < 1.29 is 62.2 Å². The van der Waals surface area contributed by atoms with Crippen LogP contribution in [-0.4, -0.2) is 24.6 Å². The third-order valence-electron chi connectivity index (χ3n) is 3.66. The van der Waals surface area contributed by atoms with E-state index in [9.17, 15) is 52.7 Å². The summed E-state index contributed by atoms with van der Waals surface area (Å²) in [5.41, 5.74) is -13.3. The molecular weight excluding hydrogens is 464 g/mol. The Morgan fingerprint density at radius 2 is 1.10 bits per heavy atom. The molecule has 2 nitrogen and oxygen atoms in total. The van der Waals surface area contributed by atoms with Crippen LogP contribution in [0, 0.1) is 0 Å². The van der Waals surface area contributed by atoms with Crippen LogP contribution in [0.3, 0.4) is 0 Å². The minimum Gasteiger partial charge on any atom is -0.491 e. The average molecular weight is 480 g/mol. The van der Waals surface area contributed by atoms with Crippen LogP contribution in [0.5, 0.6) is 5.75 Å². The fourth-order valence-electron chi connectivity index (χ4n) is 2.70. The van der Waals surface area contributed by atoms with E-state index < -0.39 is 71.0 Å². The van der Waals surface area contributed by atoms with Gasteiger partial charge in [-0.15, -0.1) is 0 Å². The van der Waals surface area contributed by atoms with Gasteiger partial charge >= 0.3 is 24.7 Å². The lowest BCUT2D eigenvalue weighted by atomic mass is 9.85. The van der Waals surface area contributed by atoms with Crippen molar-refractivity contribution in [2.24, 2.45) is 0 Å². The third kappa shape index (κ3) is 5.50. The van der Waals surface area contributed by atoms with Crippen molar-refractivity contribution in [3.8, 4) is 5.75 Å². The second kappa shape index (κ2) is 8.24. The predicted octanol–water partition coefficient (Wildman–Crippen LogP) is 7.26. The van der Waals surface area contributed by atoms with Crippen LogP contribution in [0.25, 0.3) is 0 Å². The monoisotopic (exact) mass is 480 g/mol. The number of alkyl halides is 12. The zero-order valence-electron chi connectivity index (χ0n) is 16.2. The quantitative estimate of drug-likeness (QED) is 0.413. The minimum absolute atomic E-state index is 0.347. The molecule has 0 saturated carbocycles. The Morgan fingerprint density at radius 1 is 0.645 bits per heavy atom. The molecule has 14 heteroatoms. The van der Waals surface area contributed by atoms with Crippen molar-refractivity contribution in [2.45, 2.75) is 70.2 Å². The molecule has 0 bridgehead atoms. The molecule has 0 aromatic heterocycles. The van der Waals surface area contributed by atoms with E-state index in [1.165, 1.54) is 0 Å². The largest absolute Gasteiger partial charge is 0.491 e. The lowest BCUT2D eigenvalue weighted by molar-refractivity contribution is -0.397. The molecule has 180 valence electrons. The van der Waals surface area contributed by atoms with E-state index in [4.69, 9.17) is 0 Å². The Hall–Kier alpha value is -1.86. The van der Waals surface area contributed by atoms with Gasteiger partial charge in [0.05, 0.1) is 28.9 Å². The van der Waals surface area contributed by atoms with E-state index >= 15 is 0 Å². The van der Waals surface area contributed by atoms with Crippen molar-refractivity contribution in [1.29, 1.82) is 0 Å². The van der Waals surface area contributed by atoms with Crippen molar-refractivity contribution in [1.82, 2.24) is 0 Å². The van der Waals surface area contributed by atoms with Gasteiger partial charge in [0, 0.05) is 0 Å². The first-order valence-corrected chi connectivity index (χ1v) is 8.36. The summed E-state index contributed by atoms with van der Waals surface area (Å²) in [5, 5.41) is 0. The minimum atomic E-state index is -6.57. The lowest BCUT2D eigenvalue weighted by Gasteiger charge is -2.41. The zero-order valence-corrected chi connectivity index (χ0v) is 16.2. The molecule has 0 radical (unpaired) electrons. The Labute approximate surface area is 168 Å². The Bertz CT molecular complexity index is 756. The third-order valence-corrected chi connectivity index (χ3v) is 3.66. The molecule has 0 aliphatic rings. The number of hydrogen-bond donors (Lipinski definition) is 0. The number of hydrogen-bond acceptors (Lipinski definition) is 2. The van der Waals surface area contributed by atoms with Gasteiger partial charge < -0.3 is 9.47 Å². The Balaban J connectivity index is 4.37. The highest BCUT2D eigenvalue weighted by atomic mass is 19.4. The fourth-order valence-corrected chi connectivity index (χ4v) is 2.70. The summed E-state index contributed by atoms with van der Waals surface area (Å²) >= 11 is 0. The van der Waals surface area contributed by atoms with E-state index in [0.717, 1.165) is 13.8 Å². The van der Waals surface area contributed by atoms with Gasteiger partial charge in [0.2, 0.25) is 0 Å². The summed E-state index contributed by atoms with van der Waals surface area (Å²) < 4.78 is 172. The number of halogens is 12. The van der Waals surface area contributed by atoms with E-state index in [1.807, 2.05) is 0 Å². The second-order valence-corrected chi connectivity index (χ2v) is 6.90. The summed E-state index contributed by atoms with van der Waals surface area (Å²) in [6.45, 7) is 3.35. The predicted molar refractivity (Wildman–Crippen MR) is 82.2 cm³/mol. The van der Waals surface area contributed by atoms with Crippen molar-refractivity contribution in [2.75, 3.05) is 0 Å². The van der Waals surface area contributed by atoms with Gasteiger partial charge in [0.15, 0.2) is 0 Å². The zero-order chi connectivity index (χ0) is 24.8. The molecule has 1 rings (SSSR count). The van der Waals surface area contributed by atoms with Gasteiger partial charge in [-0.1, -0.05) is 0 Å². The summed E-state index contributed by atoms with van der Waals surface area (Å²) in [6, 6.07) is -1.18. The van der Waals surface area contributed by atoms with Crippen LogP contribution in [0.2, 0.25) is 0 Å². The smallest absolute Gasteiger partial charge is 0.431 e. The molecule has 0 saturated heterocycles. The summed E-state index contributed by atoms with van der Waals surface area (Å²) in [5.74, 6) is -1.91. The molecule has 1 aromatic rings. The second-order valence-electron chi connectivity index (χ2n) is 6.90. The molecule has 0 heterocycles. The Kier molecular flexibility index (Phi) is 7.23. The topological polar surface area (TPSA) is 18.5 Å². The fraction of sp³-hybridized carbons (Fsp3) is 0.647. The number of benzene rings is 1. The number of rotatable bonds is 5. The standard InChI is InChI=1S/C17H16F12O2/c1-7(2)30-11-6-9(14(18,19)20)5-10(15(21,22)23)12(11)13(16(24,25)26,17(27,28)29)31-8(3)4/h5-8H,1-4H3. The molecule has 0 unspecified atom stereocenters. The first-order valence-electron chi connectivity index (χ1n) is 8.36. The average Bonchev–Trinajstić information content (AvgIpc) is 2.47. The van der Waals surface area contributed by atoms with Crippen LogP contribution in [0.15, 0.2) is 12.1 Å². The highest BCUT2D eigenvalue weighted by Gasteiger charge is 2.76. The van der Waals surface area contributed by atoms with Gasteiger partial charge in [0.1, 0.15) is 5.75 Å². The summed E-state index contributed by atoms with van der Waals surface area (Å²) in [7, 11) is 0. The molecule has 0 aliphatic carbocycles. The van der Waals surface area contributed by atoms with Crippen LogP contribution in [0.1, 0.15) is 44.4 Å². The van der Waals surface area contributed by atoms with Crippen molar-refractivity contribution >= 4 is 0 Å². The molecule has 0 spiro atoms. The first-order chi connectivity index (χ1) is 13.6. The lowest BCUT2D eigenvalue weighted by Crippen LogP contribution is -2.58. The molecule has 1 aromatic carbocycles. The maximum Gasteiger partial charge on any atom is 0.431 e. The molecular formula is C17H16F12O2. The van der Waals surface area contributed by atoms with E-state index in [-0.39, 0.29) is 6.07 Å². The van der Waals surface area contributed by atoms with Gasteiger partial charge in [-0.2, -0.15) is 52.7 Å². The van der Waals surface area contributed by atoms with Gasteiger partial charge in [0.25, 0.3) is 5.60 Å². The first kappa shape index (κ1) is 27.2. The van der Waals surface area contributed by atoms with Crippen LogP contribution in [0.4, 0.5) is 52.7 Å². The van der Waals surface area contributed by atoms with E-state index in [2.05, 4.69) is 9.47 Å². The summed E-state index contributed by atoms with van der Waals surface area (Å²) in [4.78, 5) is 0. The van der Waals surface area contributed by atoms with Crippen molar-refractivity contribution in [3.63, 3.8) is 0 Å². The van der Waals surface area contributed by atoms with Gasteiger partial charge in [-0.25, -0.2) is 0 Å². The van der Waals surface area contributed by atoms with Crippen LogP contribution in [-0.2, 0) is 22.7 Å². The number of ether oxygens (including phenoxy) is 2. The molecule has 0 aliphatic heterocycles. The van der Waals surface area contributed by atoms with E-state index in [1.54, 1.807) is 0 Å². The van der Waals surface area contributed by atoms with Crippen molar-refractivity contribution in [3.05, 3.63) is 28.8 Å². The van der Waals surface area contributed by atoms with Crippen LogP contribution >= 0.6 is 0 Å². The SMILES string of the molecule is CC(C)Oc1cc(C(F)(F)F)cc(C(F)(F)F)c1C(OC(C)C)(C(F)(F)F)C(F)(F)F. The highest BCUT2D eigenvalue weighted by Crippen LogP contribution is 2.59. The molecule has 0 N–H and O–H groups in total. The van der Waals surface area contributed by atoms with Crippen LogP contribution < -0.4 is 4.74 Å². The van der Waals surface area contributed by atoms with E-state index in [0.29, 0.717) is 13.8 Å². The maximum absolute atomic E-state index is 13.8. The molecule has 0 amide bonds. The molecule has 0 fully saturated rings. The van der Waals surface area contributed by atoms with Gasteiger partial charge in [-0.05, 0) is 39.8 Å².